The van der Waals surface area contributed by atoms with Crippen LogP contribution < -0.4 is 16.2 Å². The Hall–Kier alpha value is -1.93. The fraction of sp³-hybridized carbons (Fsp3) is 0.462. The number of anilines is 2. The fourth-order valence-electron chi connectivity index (χ4n) is 2.42. The van der Waals surface area contributed by atoms with E-state index in [1.165, 1.54) is 16.0 Å². The van der Waals surface area contributed by atoms with Gasteiger partial charge in [-0.15, -0.1) is 11.3 Å². The van der Waals surface area contributed by atoms with Crippen LogP contribution in [0.15, 0.2) is 22.4 Å². The topological polar surface area (TPSA) is 86.3 Å². The molecule has 8 heteroatoms. The molecule has 2 aromatic rings. The van der Waals surface area contributed by atoms with Crippen molar-refractivity contribution in [3.63, 3.8) is 0 Å². The van der Waals surface area contributed by atoms with Gasteiger partial charge in [-0.1, -0.05) is 0 Å². The predicted molar refractivity (Wildman–Crippen MR) is 81.8 cm³/mol. The Balaban J connectivity index is 1.75. The van der Waals surface area contributed by atoms with Crippen molar-refractivity contribution in [1.29, 1.82) is 0 Å². The van der Waals surface area contributed by atoms with Crippen LogP contribution in [0.4, 0.5) is 10.8 Å². The Morgan fingerprint density at radius 2 is 2.43 bits per heavy atom. The molecular formula is C13H17N5O2S. The standard InChI is InChI=1S/C13H17N5O2S/c1-20-11-2-3-17(7-11)10-4-12(19)18(15-5-10)6-9-8-21-13(14)16-9/h4-5,8,11H,2-3,6-7H2,1H3,(H2,14,16). The molecule has 1 atom stereocenters. The van der Waals surface area contributed by atoms with Gasteiger partial charge >= 0.3 is 0 Å². The first kappa shape index (κ1) is 14.0. The highest BCUT2D eigenvalue weighted by Gasteiger charge is 2.22. The number of methoxy groups -OCH3 is 1. The fourth-order valence-corrected chi connectivity index (χ4v) is 2.97. The summed E-state index contributed by atoms with van der Waals surface area (Å²) >= 11 is 1.36. The number of nitrogens with zero attached hydrogens (tertiary/aromatic N) is 4. The minimum Gasteiger partial charge on any atom is -0.380 e. The van der Waals surface area contributed by atoms with Gasteiger partial charge in [0.05, 0.1) is 30.2 Å². The Bertz CT molecular complexity index is 683. The number of hydrogen-bond donors (Lipinski definition) is 1. The van der Waals surface area contributed by atoms with Gasteiger partial charge in [-0.25, -0.2) is 9.67 Å². The number of thiazole rings is 1. The van der Waals surface area contributed by atoms with E-state index in [1.54, 1.807) is 19.4 Å². The minimum absolute atomic E-state index is 0.139. The highest BCUT2D eigenvalue weighted by molar-refractivity contribution is 7.13. The van der Waals surface area contributed by atoms with E-state index < -0.39 is 0 Å². The molecule has 1 aliphatic heterocycles. The minimum atomic E-state index is -0.139. The van der Waals surface area contributed by atoms with Crippen LogP contribution in [0, 0.1) is 0 Å². The summed E-state index contributed by atoms with van der Waals surface area (Å²) in [6.07, 6.45) is 2.91. The number of nitrogens with two attached hydrogens (primary N) is 1. The molecule has 0 aliphatic carbocycles. The zero-order valence-electron chi connectivity index (χ0n) is 11.7. The largest absolute Gasteiger partial charge is 0.380 e. The summed E-state index contributed by atoms with van der Waals surface area (Å²) in [7, 11) is 1.71. The van der Waals surface area contributed by atoms with Crippen molar-refractivity contribution in [1.82, 2.24) is 14.8 Å². The van der Waals surface area contributed by atoms with Crippen molar-refractivity contribution in [2.45, 2.75) is 19.1 Å². The molecule has 112 valence electrons. The molecule has 1 fully saturated rings. The van der Waals surface area contributed by atoms with Crippen molar-refractivity contribution in [2.24, 2.45) is 0 Å². The molecule has 3 heterocycles. The van der Waals surface area contributed by atoms with Crippen LogP contribution in [-0.2, 0) is 11.3 Å². The second-order valence-corrected chi connectivity index (χ2v) is 5.87. The molecule has 0 aromatic carbocycles. The Morgan fingerprint density at radius 1 is 1.57 bits per heavy atom. The van der Waals surface area contributed by atoms with Crippen LogP contribution in [0.25, 0.3) is 0 Å². The van der Waals surface area contributed by atoms with E-state index in [0.29, 0.717) is 11.7 Å². The molecule has 2 aromatic heterocycles. The summed E-state index contributed by atoms with van der Waals surface area (Å²) in [6.45, 7) is 2.02. The zero-order chi connectivity index (χ0) is 14.8. The third-order valence-corrected chi connectivity index (χ3v) is 4.30. The van der Waals surface area contributed by atoms with E-state index in [9.17, 15) is 4.79 Å². The maximum atomic E-state index is 12.1. The summed E-state index contributed by atoms with van der Waals surface area (Å²) in [6, 6.07) is 1.61. The highest BCUT2D eigenvalue weighted by atomic mass is 32.1. The van der Waals surface area contributed by atoms with Crippen LogP contribution in [0.5, 0.6) is 0 Å². The lowest BCUT2D eigenvalue weighted by Gasteiger charge is -2.17. The lowest BCUT2D eigenvalue weighted by Crippen LogP contribution is -2.27. The maximum Gasteiger partial charge on any atom is 0.269 e. The van der Waals surface area contributed by atoms with E-state index in [-0.39, 0.29) is 11.7 Å². The van der Waals surface area contributed by atoms with Gasteiger partial charge in [0.2, 0.25) is 0 Å². The first-order valence-electron chi connectivity index (χ1n) is 6.70. The van der Waals surface area contributed by atoms with Crippen molar-refractivity contribution < 1.29 is 4.74 Å². The molecule has 1 unspecified atom stereocenters. The SMILES string of the molecule is COC1CCN(c2cnn(Cc3csc(N)n3)c(=O)c2)C1. The van der Waals surface area contributed by atoms with Crippen LogP contribution in [0.1, 0.15) is 12.1 Å². The van der Waals surface area contributed by atoms with E-state index in [4.69, 9.17) is 10.5 Å². The monoisotopic (exact) mass is 307 g/mol. The van der Waals surface area contributed by atoms with Gasteiger partial charge in [-0.3, -0.25) is 4.79 Å². The van der Waals surface area contributed by atoms with Gasteiger partial charge < -0.3 is 15.4 Å². The van der Waals surface area contributed by atoms with E-state index >= 15 is 0 Å². The quantitative estimate of drug-likeness (QED) is 0.888. The Kier molecular flexibility index (Phi) is 3.89. The molecule has 1 aliphatic rings. The molecule has 21 heavy (non-hydrogen) atoms. The lowest BCUT2D eigenvalue weighted by molar-refractivity contribution is 0.121. The molecular weight excluding hydrogens is 290 g/mol. The lowest BCUT2D eigenvalue weighted by atomic mass is 10.3. The zero-order valence-corrected chi connectivity index (χ0v) is 12.5. The summed E-state index contributed by atoms with van der Waals surface area (Å²) in [5, 5.41) is 6.56. The van der Waals surface area contributed by atoms with Crippen molar-refractivity contribution >= 4 is 22.2 Å². The Labute approximate surface area is 126 Å². The number of aromatic nitrogens is 3. The molecule has 2 N–H and O–H groups in total. The second kappa shape index (κ2) is 5.82. The number of rotatable bonds is 4. The van der Waals surface area contributed by atoms with Crippen LogP contribution in [0.2, 0.25) is 0 Å². The molecule has 1 saturated heterocycles. The molecule has 0 radical (unpaired) electrons. The number of hydrogen-bond acceptors (Lipinski definition) is 7. The molecule has 0 amide bonds. The van der Waals surface area contributed by atoms with E-state index in [2.05, 4.69) is 15.0 Å². The summed E-state index contributed by atoms with van der Waals surface area (Å²) < 4.78 is 6.72. The molecule has 3 rings (SSSR count). The highest BCUT2D eigenvalue weighted by Crippen LogP contribution is 2.19. The van der Waals surface area contributed by atoms with Crippen molar-refractivity contribution in [3.8, 4) is 0 Å². The molecule has 0 spiro atoms. The normalized spacial score (nSPS) is 18.3. The smallest absolute Gasteiger partial charge is 0.269 e. The third-order valence-electron chi connectivity index (χ3n) is 3.58. The van der Waals surface area contributed by atoms with Crippen LogP contribution in [-0.4, -0.2) is 41.1 Å². The summed E-state index contributed by atoms with van der Waals surface area (Å²) in [5.74, 6) is 0. The van der Waals surface area contributed by atoms with Gasteiger partial charge in [0, 0.05) is 31.6 Å². The van der Waals surface area contributed by atoms with E-state index in [0.717, 1.165) is 30.9 Å². The third kappa shape index (κ3) is 3.06. The summed E-state index contributed by atoms with van der Waals surface area (Å²) in [4.78, 5) is 18.4. The average molecular weight is 307 g/mol. The van der Waals surface area contributed by atoms with E-state index in [1.807, 2.05) is 5.38 Å². The van der Waals surface area contributed by atoms with Crippen molar-refractivity contribution in [2.75, 3.05) is 30.8 Å². The van der Waals surface area contributed by atoms with Gasteiger partial charge in [0.15, 0.2) is 5.13 Å². The molecule has 0 saturated carbocycles. The first-order valence-corrected chi connectivity index (χ1v) is 7.58. The summed E-state index contributed by atoms with van der Waals surface area (Å²) in [5.41, 5.74) is 7.04. The average Bonchev–Trinajstić information content (AvgIpc) is 3.10. The second-order valence-electron chi connectivity index (χ2n) is 4.98. The van der Waals surface area contributed by atoms with Gasteiger partial charge in [-0.05, 0) is 6.42 Å². The molecule has 0 bridgehead atoms. The van der Waals surface area contributed by atoms with Crippen LogP contribution in [0.3, 0.4) is 0 Å². The predicted octanol–water partition coefficient (Wildman–Crippen LogP) is 0.555. The Morgan fingerprint density at radius 3 is 3.05 bits per heavy atom. The number of ether oxygens (including phenoxy) is 1. The van der Waals surface area contributed by atoms with Gasteiger partial charge in [0.25, 0.3) is 5.56 Å². The molecule has 7 nitrogen and oxygen atoms in total. The van der Waals surface area contributed by atoms with Gasteiger partial charge in [-0.2, -0.15) is 5.10 Å². The van der Waals surface area contributed by atoms with Gasteiger partial charge in [0.1, 0.15) is 0 Å². The number of nitrogen functional groups attached to an aromatic ring is 1. The van der Waals surface area contributed by atoms with Crippen LogP contribution >= 0.6 is 11.3 Å². The first-order chi connectivity index (χ1) is 10.2. The maximum absolute atomic E-state index is 12.1. The van der Waals surface area contributed by atoms with Crippen molar-refractivity contribution in [3.05, 3.63) is 33.7 Å².